The van der Waals surface area contributed by atoms with E-state index in [1.165, 1.54) is 16.5 Å². The van der Waals surface area contributed by atoms with Gasteiger partial charge in [-0.05, 0) is 35.8 Å². The summed E-state index contributed by atoms with van der Waals surface area (Å²) in [6.45, 7) is 7.73. The van der Waals surface area contributed by atoms with Gasteiger partial charge in [-0.2, -0.15) is 0 Å². The Labute approximate surface area is 110 Å². The van der Waals surface area contributed by atoms with E-state index in [0.29, 0.717) is 5.92 Å². The van der Waals surface area contributed by atoms with Gasteiger partial charge in [-0.3, -0.25) is 0 Å². The van der Waals surface area contributed by atoms with Crippen LogP contribution in [0.25, 0.3) is 10.9 Å². The molecule has 0 radical (unpaired) electrons. The molecule has 0 bridgehead atoms. The first-order chi connectivity index (χ1) is 8.61. The van der Waals surface area contributed by atoms with Crippen LogP contribution in [0.2, 0.25) is 0 Å². The molecule has 2 rings (SSSR count). The smallest absolute Gasteiger partial charge is 0.0513 e. The summed E-state index contributed by atoms with van der Waals surface area (Å²) >= 11 is 0. The van der Waals surface area contributed by atoms with Gasteiger partial charge in [0.15, 0.2) is 0 Å². The molecule has 0 spiro atoms. The van der Waals surface area contributed by atoms with Gasteiger partial charge in [0.05, 0.1) is 5.52 Å². The van der Waals surface area contributed by atoms with Crippen LogP contribution in [0.15, 0.2) is 30.5 Å². The van der Waals surface area contributed by atoms with E-state index in [0.717, 1.165) is 19.4 Å². The summed E-state index contributed by atoms with van der Waals surface area (Å²) in [6, 6.07) is 9.01. The average molecular weight is 244 g/mol. The van der Waals surface area contributed by atoms with Crippen LogP contribution in [-0.4, -0.2) is 10.6 Å². The van der Waals surface area contributed by atoms with Crippen LogP contribution in [0.4, 0.5) is 0 Å². The van der Waals surface area contributed by atoms with E-state index in [2.05, 4.69) is 55.8 Å². The van der Waals surface area contributed by atoms with Gasteiger partial charge in [0, 0.05) is 18.8 Å². The van der Waals surface area contributed by atoms with Crippen molar-refractivity contribution >= 4 is 10.9 Å². The summed E-state index contributed by atoms with van der Waals surface area (Å²) < 4.78 is 2.37. The molecule has 2 heteroatoms. The SMILES string of the molecule is CCC(N)Cc1cccc2ccn(CC(C)C)c12. The number of hydrogen-bond donors (Lipinski definition) is 1. The molecule has 0 amide bonds. The van der Waals surface area contributed by atoms with E-state index in [1.807, 2.05) is 0 Å². The zero-order valence-electron chi connectivity index (χ0n) is 11.7. The van der Waals surface area contributed by atoms with Crippen molar-refractivity contribution in [1.82, 2.24) is 4.57 Å². The van der Waals surface area contributed by atoms with Crippen LogP contribution in [0, 0.1) is 5.92 Å². The van der Waals surface area contributed by atoms with Crippen LogP contribution in [-0.2, 0) is 13.0 Å². The van der Waals surface area contributed by atoms with Crippen molar-refractivity contribution in [2.24, 2.45) is 11.7 Å². The van der Waals surface area contributed by atoms with Gasteiger partial charge in [0.2, 0.25) is 0 Å². The molecule has 0 saturated heterocycles. The Hall–Kier alpha value is -1.28. The van der Waals surface area contributed by atoms with Crippen LogP contribution in [0.3, 0.4) is 0 Å². The highest BCUT2D eigenvalue weighted by atomic mass is 15.0. The van der Waals surface area contributed by atoms with E-state index in [9.17, 15) is 0 Å². The monoisotopic (exact) mass is 244 g/mol. The maximum Gasteiger partial charge on any atom is 0.0513 e. The molecule has 0 aliphatic rings. The summed E-state index contributed by atoms with van der Waals surface area (Å²) in [5, 5.41) is 1.33. The third-order valence-electron chi connectivity index (χ3n) is 3.44. The lowest BCUT2D eigenvalue weighted by Crippen LogP contribution is -2.21. The van der Waals surface area contributed by atoms with Crippen LogP contribution < -0.4 is 5.73 Å². The number of hydrogen-bond acceptors (Lipinski definition) is 1. The predicted octanol–water partition coefficient (Wildman–Crippen LogP) is 3.58. The Balaban J connectivity index is 2.41. The number of aromatic nitrogens is 1. The summed E-state index contributed by atoms with van der Waals surface area (Å²) in [4.78, 5) is 0. The molecule has 0 aliphatic carbocycles. The maximum atomic E-state index is 6.11. The van der Waals surface area contributed by atoms with E-state index < -0.39 is 0 Å². The fourth-order valence-electron chi connectivity index (χ4n) is 2.48. The minimum atomic E-state index is 0.262. The molecule has 0 aliphatic heterocycles. The minimum Gasteiger partial charge on any atom is -0.347 e. The van der Waals surface area contributed by atoms with Crippen LogP contribution in [0.5, 0.6) is 0 Å². The van der Waals surface area contributed by atoms with E-state index in [4.69, 9.17) is 5.73 Å². The number of rotatable bonds is 5. The van der Waals surface area contributed by atoms with Gasteiger partial charge in [0.1, 0.15) is 0 Å². The van der Waals surface area contributed by atoms with Gasteiger partial charge in [-0.25, -0.2) is 0 Å². The molecule has 1 aromatic heterocycles. The van der Waals surface area contributed by atoms with Crippen LogP contribution >= 0.6 is 0 Å². The van der Waals surface area contributed by atoms with Crippen molar-refractivity contribution in [3.8, 4) is 0 Å². The number of para-hydroxylation sites is 1. The molecule has 1 heterocycles. The summed E-state index contributed by atoms with van der Waals surface area (Å²) in [5.41, 5.74) is 8.86. The van der Waals surface area contributed by atoms with Crippen molar-refractivity contribution in [2.45, 2.75) is 46.2 Å². The fourth-order valence-corrected chi connectivity index (χ4v) is 2.48. The van der Waals surface area contributed by atoms with Crippen molar-refractivity contribution in [1.29, 1.82) is 0 Å². The standard InChI is InChI=1S/C16H24N2/c1-4-15(17)10-14-7-5-6-13-8-9-18(16(13)14)11-12(2)3/h5-9,12,15H,4,10-11,17H2,1-3H3. The quantitative estimate of drug-likeness (QED) is 0.856. The summed E-state index contributed by atoms with van der Waals surface area (Å²) in [6.07, 6.45) is 4.20. The first kappa shape index (κ1) is 13.2. The molecule has 1 aromatic carbocycles. The largest absolute Gasteiger partial charge is 0.347 e. The van der Waals surface area contributed by atoms with Crippen molar-refractivity contribution in [3.05, 3.63) is 36.0 Å². The number of benzene rings is 1. The van der Waals surface area contributed by atoms with Gasteiger partial charge in [0.25, 0.3) is 0 Å². The zero-order chi connectivity index (χ0) is 13.1. The van der Waals surface area contributed by atoms with Crippen molar-refractivity contribution in [2.75, 3.05) is 0 Å². The second-order valence-corrected chi connectivity index (χ2v) is 5.59. The molecule has 2 N–H and O–H groups in total. The molecule has 2 aromatic rings. The maximum absolute atomic E-state index is 6.11. The van der Waals surface area contributed by atoms with Crippen LogP contribution in [0.1, 0.15) is 32.8 Å². The summed E-state index contributed by atoms with van der Waals surface area (Å²) in [7, 11) is 0. The normalized spacial score (nSPS) is 13.4. The van der Waals surface area contributed by atoms with Gasteiger partial charge in [-0.1, -0.05) is 39.0 Å². The lowest BCUT2D eigenvalue weighted by molar-refractivity contribution is 0.533. The Morgan fingerprint density at radius 3 is 2.67 bits per heavy atom. The second-order valence-electron chi connectivity index (χ2n) is 5.59. The van der Waals surface area contributed by atoms with Gasteiger partial charge >= 0.3 is 0 Å². The highest BCUT2D eigenvalue weighted by Gasteiger charge is 2.10. The first-order valence-electron chi connectivity index (χ1n) is 6.94. The van der Waals surface area contributed by atoms with Crippen molar-refractivity contribution in [3.63, 3.8) is 0 Å². The first-order valence-corrected chi connectivity index (χ1v) is 6.94. The number of nitrogens with zero attached hydrogens (tertiary/aromatic N) is 1. The lowest BCUT2D eigenvalue weighted by atomic mass is 10.0. The van der Waals surface area contributed by atoms with Crippen molar-refractivity contribution < 1.29 is 0 Å². The molecule has 0 fully saturated rings. The summed E-state index contributed by atoms with van der Waals surface area (Å²) in [5.74, 6) is 0.661. The van der Waals surface area contributed by atoms with Gasteiger partial charge < -0.3 is 10.3 Å². The second kappa shape index (κ2) is 5.57. The molecule has 1 unspecified atom stereocenters. The number of nitrogens with two attached hydrogens (primary N) is 1. The highest BCUT2D eigenvalue weighted by Crippen LogP contribution is 2.22. The lowest BCUT2D eigenvalue weighted by Gasteiger charge is -2.14. The molecule has 0 saturated carbocycles. The average Bonchev–Trinajstić information content (AvgIpc) is 2.72. The minimum absolute atomic E-state index is 0.262. The Kier molecular flexibility index (Phi) is 4.07. The Morgan fingerprint density at radius 2 is 2.00 bits per heavy atom. The predicted molar refractivity (Wildman–Crippen MR) is 78.7 cm³/mol. The number of fused-ring (bicyclic) bond motifs is 1. The Morgan fingerprint density at radius 1 is 1.22 bits per heavy atom. The van der Waals surface area contributed by atoms with E-state index in [-0.39, 0.29) is 6.04 Å². The van der Waals surface area contributed by atoms with Gasteiger partial charge in [-0.15, -0.1) is 0 Å². The molecular weight excluding hydrogens is 220 g/mol. The zero-order valence-corrected chi connectivity index (χ0v) is 11.7. The molecule has 2 nitrogen and oxygen atoms in total. The van der Waals surface area contributed by atoms with E-state index >= 15 is 0 Å². The topological polar surface area (TPSA) is 30.9 Å². The molecule has 98 valence electrons. The molecular formula is C16H24N2. The fraction of sp³-hybridized carbons (Fsp3) is 0.500. The molecule has 1 atom stereocenters. The Bertz CT molecular complexity index is 511. The molecule has 18 heavy (non-hydrogen) atoms. The third kappa shape index (κ3) is 2.75. The highest BCUT2D eigenvalue weighted by molar-refractivity contribution is 5.83. The third-order valence-corrected chi connectivity index (χ3v) is 3.44. The van der Waals surface area contributed by atoms with E-state index in [1.54, 1.807) is 0 Å².